The van der Waals surface area contributed by atoms with Crippen molar-refractivity contribution in [3.05, 3.63) is 27.4 Å². The van der Waals surface area contributed by atoms with E-state index >= 15 is 0 Å². The molecule has 31 heavy (non-hydrogen) atoms. The summed E-state index contributed by atoms with van der Waals surface area (Å²) >= 11 is 1.64. The number of carboxylic acids is 1. The van der Waals surface area contributed by atoms with Crippen molar-refractivity contribution in [2.24, 2.45) is 11.8 Å². The van der Waals surface area contributed by atoms with E-state index in [9.17, 15) is 15.0 Å². The number of aryl methyl sites for hydroxylation is 1. The van der Waals surface area contributed by atoms with Crippen LogP contribution in [0.4, 0.5) is 5.00 Å². The quantitative estimate of drug-likeness (QED) is 0.567. The van der Waals surface area contributed by atoms with Crippen molar-refractivity contribution in [2.45, 2.75) is 76.4 Å². The number of aliphatic carboxylic acids is 1. The molecule has 0 radical (unpaired) electrons. The summed E-state index contributed by atoms with van der Waals surface area (Å²) < 4.78 is 5.67. The highest BCUT2D eigenvalue weighted by Crippen LogP contribution is 2.49. The molecule has 7 rings (SSSR count). The number of carboxylic acid groups (broad SMARTS) is 1. The minimum Gasteiger partial charge on any atom is -0.478 e. The molecule has 3 N–H and O–H groups in total. The molecule has 0 spiro atoms. The predicted octanol–water partition coefficient (Wildman–Crippen LogP) is 4.49. The fourth-order valence-electron chi connectivity index (χ4n) is 5.76. The number of rotatable bonds is 6. The summed E-state index contributed by atoms with van der Waals surface area (Å²) in [6.07, 6.45) is 9.21. The molecule has 1 unspecified atom stereocenters. The molecule has 2 heterocycles. The Hall–Kier alpha value is -2.19. The third-order valence-corrected chi connectivity index (χ3v) is 8.67. The molecule has 0 amide bonds. The van der Waals surface area contributed by atoms with Gasteiger partial charge < -0.3 is 20.1 Å². The number of fused-ring (bicyclic) bond motifs is 3. The maximum Gasteiger partial charge on any atom is 0.331 e. The fourth-order valence-corrected chi connectivity index (χ4v) is 7.06. The average molecular weight is 442 g/mol. The van der Waals surface area contributed by atoms with Crippen LogP contribution in [0, 0.1) is 11.8 Å². The van der Waals surface area contributed by atoms with E-state index in [1.807, 2.05) is 0 Å². The van der Waals surface area contributed by atoms with Crippen LogP contribution in [0.1, 0.15) is 73.5 Å². The molecule has 164 valence electrons. The number of nitrogens with zero attached hydrogens (tertiary/aromatic N) is 2. The van der Waals surface area contributed by atoms with Crippen molar-refractivity contribution in [2.75, 3.05) is 5.32 Å². The van der Waals surface area contributed by atoms with Gasteiger partial charge in [-0.15, -0.1) is 11.3 Å². The van der Waals surface area contributed by atoms with Crippen molar-refractivity contribution in [1.82, 2.24) is 10.1 Å². The first-order valence-corrected chi connectivity index (χ1v) is 12.3. The summed E-state index contributed by atoms with van der Waals surface area (Å²) in [4.78, 5) is 18.0. The zero-order chi connectivity index (χ0) is 21.1. The fraction of sp³-hybridized carbons (Fsp3) is 0.609. The SMILES string of the molecule is O=C(O)C1=C(C(O)Nc2sc3c(c2-c2nc(C4CC4)no2)CCCC3)C2CCC1CC2. The molecule has 2 saturated carbocycles. The summed E-state index contributed by atoms with van der Waals surface area (Å²) in [5.74, 6) is 1.02. The van der Waals surface area contributed by atoms with Crippen LogP contribution in [0.3, 0.4) is 0 Å². The Bertz CT molecular complexity index is 1060. The van der Waals surface area contributed by atoms with Gasteiger partial charge in [0.05, 0.1) is 5.56 Å². The molecule has 8 heteroatoms. The van der Waals surface area contributed by atoms with E-state index in [4.69, 9.17) is 4.52 Å². The monoisotopic (exact) mass is 441 g/mol. The van der Waals surface area contributed by atoms with E-state index < -0.39 is 12.2 Å². The van der Waals surface area contributed by atoms with Crippen LogP contribution in [-0.4, -0.2) is 32.6 Å². The Morgan fingerprint density at radius 3 is 2.52 bits per heavy atom. The Morgan fingerprint density at radius 1 is 1.06 bits per heavy atom. The normalized spacial score (nSPS) is 26.1. The van der Waals surface area contributed by atoms with Crippen LogP contribution in [0.5, 0.6) is 0 Å². The number of aliphatic hydroxyl groups is 1. The zero-order valence-corrected chi connectivity index (χ0v) is 18.2. The number of anilines is 1. The van der Waals surface area contributed by atoms with Crippen LogP contribution < -0.4 is 5.32 Å². The highest BCUT2D eigenvalue weighted by Gasteiger charge is 2.41. The lowest BCUT2D eigenvalue weighted by Crippen LogP contribution is -2.37. The number of nitrogens with one attached hydrogen (secondary N) is 1. The summed E-state index contributed by atoms with van der Waals surface area (Å²) in [5, 5.41) is 29.4. The van der Waals surface area contributed by atoms with E-state index in [0.29, 0.717) is 23.0 Å². The number of aliphatic hydroxyl groups excluding tert-OH is 1. The van der Waals surface area contributed by atoms with Gasteiger partial charge in [0.1, 0.15) is 11.2 Å². The standard InChI is InChI=1S/C23H27N3O4S/c27-20(16-11-5-7-12(8-6-11)17(16)23(28)29)25-22-18(14-3-1-2-4-15(14)31-22)21-24-19(26-30-21)13-9-10-13/h11-13,20,25,27H,1-10H2,(H,28,29). The highest BCUT2D eigenvalue weighted by molar-refractivity contribution is 7.17. The lowest BCUT2D eigenvalue weighted by Gasteiger charge is -2.40. The van der Waals surface area contributed by atoms with Gasteiger partial charge in [-0.1, -0.05) is 5.16 Å². The Morgan fingerprint density at radius 2 is 1.77 bits per heavy atom. The van der Waals surface area contributed by atoms with Gasteiger partial charge in [-0.25, -0.2) is 4.79 Å². The van der Waals surface area contributed by atoms with Gasteiger partial charge in [-0.3, -0.25) is 0 Å². The van der Waals surface area contributed by atoms with Crippen molar-refractivity contribution in [3.63, 3.8) is 0 Å². The molecule has 5 aliphatic rings. The molecule has 2 aromatic heterocycles. The van der Waals surface area contributed by atoms with Gasteiger partial charge in [0, 0.05) is 16.4 Å². The van der Waals surface area contributed by atoms with Gasteiger partial charge in [0.2, 0.25) is 0 Å². The molecule has 2 fully saturated rings. The minimum atomic E-state index is -1.01. The molecular weight excluding hydrogens is 414 g/mol. The summed E-state index contributed by atoms with van der Waals surface area (Å²) in [5.41, 5.74) is 3.27. The maximum atomic E-state index is 12.0. The van der Waals surface area contributed by atoms with Crippen molar-refractivity contribution in [1.29, 1.82) is 0 Å². The molecule has 0 aromatic carbocycles. The summed E-state index contributed by atoms with van der Waals surface area (Å²) in [6, 6.07) is 0. The van der Waals surface area contributed by atoms with Gasteiger partial charge in [-0.2, -0.15) is 4.98 Å². The van der Waals surface area contributed by atoms with Crippen molar-refractivity contribution in [3.8, 4) is 11.5 Å². The smallest absolute Gasteiger partial charge is 0.331 e. The predicted molar refractivity (Wildman–Crippen MR) is 116 cm³/mol. The molecule has 2 aromatic rings. The molecule has 2 bridgehead atoms. The van der Waals surface area contributed by atoms with E-state index in [2.05, 4.69) is 15.5 Å². The second kappa shape index (κ2) is 7.45. The summed E-state index contributed by atoms with van der Waals surface area (Å²) in [6.45, 7) is 0. The largest absolute Gasteiger partial charge is 0.478 e. The third kappa shape index (κ3) is 3.31. The van der Waals surface area contributed by atoms with E-state index in [1.165, 1.54) is 10.4 Å². The lowest BCUT2D eigenvalue weighted by atomic mass is 9.66. The molecular formula is C23H27N3O4S. The second-order valence-corrected chi connectivity index (χ2v) is 10.5. The summed E-state index contributed by atoms with van der Waals surface area (Å²) in [7, 11) is 0. The Balaban J connectivity index is 1.38. The molecule has 7 nitrogen and oxygen atoms in total. The van der Waals surface area contributed by atoms with Crippen LogP contribution in [-0.2, 0) is 17.6 Å². The first-order chi connectivity index (χ1) is 15.1. The first-order valence-electron chi connectivity index (χ1n) is 11.5. The second-order valence-electron chi connectivity index (χ2n) is 9.42. The highest BCUT2D eigenvalue weighted by atomic mass is 32.1. The molecule has 1 atom stereocenters. The van der Waals surface area contributed by atoms with Crippen LogP contribution in [0.25, 0.3) is 11.5 Å². The van der Waals surface area contributed by atoms with Gasteiger partial charge >= 0.3 is 5.97 Å². The van der Waals surface area contributed by atoms with Crippen LogP contribution in [0.15, 0.2) is 15.7 Å². The number of carbonyl (C=O) groups is 1. The molecule has 0 saturated heterocycles. The Kier molecular flexibility index (Phi) is 4.68. The van der Waals surface area contributed by atoms with E-state index in [0.717, 1.165) is 80.6 Å². The number of aromatic nitrogens is 2. The van der Waals surface area contributed by atoms with Gasteiger partial charge in [-0.05, 0) is 87.2 Å². The minimum absolute atomic E-state index is 0.0574. The molecule has 0 aliphatic heterocycles. The number of hydrogen-bond donors (Lipinski definition) is 3. The third-order valence-electron chi connectivity index (χ3n) is 7.45. The van der Waals surface area contributed by atoms with Gasteiger partial charge in [0.25, 0.3) is 5.89 Å². The van der Waals surface area contributed by atoms with E-state index in [1.54, 1.807) is 11.3 Å². The average Bonchev–Trinajstić information content (AvgIpc) is 3.41. The maximum absolute atomic E-state index is 12.0. The Labute approximate surface area is 184 Å². The number of thiophene rings is 1. The zero-order valence-electron chi connectivity index (χ0n) is 17.4. The van der Waals surface area contributed by atoms with Crippen molar-refractivity contribution >= 4 is 22.3 Å². The topological polar surface area (TPSA) is 108 Å². The van der Waals surface area contributed by atoms with Gasteiger partial charge in [0.15, 0.2) is 5.82 Å². The lowest BCUT2D eigenvalue weighted by molar-refractivity contribution is -0.134. The van der Waals surface area contributed by atoms with Crippen LogP contribution in [0.2, 0.25) is 0 Å². The number of hydrogen-bond acceptors (Lipinski definition) is 7. The first kappa shape index (κ1) is 19.5. The molecule has 5 aliphatic carbocycles. The van der Waals surface area contributed by atoms with Crippen molar-refractivity contribution < 1.29 is 19.5 Å². The van der Waals surface area contributed by atoms with E-state index in [-0.39, 0.29) is 11.8 Å². The van der Waals surface area contributed by atoms with Crippen LogP contribution >= 0.6 is 11.3 Å².